The van der Waals surface area contributed by atoms with Crippen LogP contribution in [0.2, 0.25) is 0 Å². The number of urea groups is 1. The van der Waals surface area contributed by atoms with E-state index in [-0.39, 0.29) is 11.2 Å². The number of nitrogens with one attached hydrogen (secondary N) is 2. The number of nitro benzene ring substituents is 1. The van der Waals surface area contributed by atoms with E-state index in [4.69, 9.17) is 0 Å². The molecule has 0 saturated carbocycles. The summed E-state index contributed by atoms with van der Waals surface area (Å²) >= 11 is 0. The van der Waals surface area contributed by atoms with Gasteiger partial charge in [0.25, 0.3) is 5.69 Å². The van der Waals surface area contributed by atoms with Crippen molar-refractivity contribution in [1.29, 1.82) is 0 Å². The number of nitrogens with zero attached hydrogens (tertiary/aromatic N) is 3. The first-order valence-electron chi connectivity index (χ1n) is 8.72. The third-order valence-corrected chi connectivity index (χ3v) is 3.99. The molecule has 3 aromatic rings. The van der Waals surface area contributed by atoms with E-state index in [1.165, 1.54) is 24.3 Å². The van der Waals surface area contributed by atoms with Gasteiger partial charge >= 0.3 is 6.03 Å². The van der Waals surface area contributed by atoms with E-state index in [1.54, 1.807) is 4.68 Å². The lowest BCUT2D eigenvalue weighted by Crippen LogP contribution is -2.28. The van der Waals surface area contributed by atoms with Crippen LogP contribution in [0.25, 0.3) is 11.3 Å². The van der Waals surface area contributed by atoms with E-state index in [0.29, 0.717) is 11.5 Å². The van der Waals surface area contributed by atoms with Gasteiger partial charge in [-0.25, -0.2) is 9.48 Å². The first-order chi connectivity index (χ1) is 13.2. The maximum atomic E-state index is 12.4. The van der Waals surface area contributed by atoms with E-state index in [2.05, 4.69) is 15.7 Å². The van der Waals surface area contributed by atoms with E-state index in [9.17, 15) is 14.9 Å². The molecular formula is C20H21N5O3. The van der Waals surface area contributed by atoms with Crippen LogP contribution >= 0.6 is 0 Å². The Labute approximate surface area is 162 Å². The summed E-state index contributed by atoms with van der Waals surface area (Å²) in [6.45, 7) is 5.98. The molecule has 0 spiro atoms. The maximum absolute atomic E-state index is 12.4. The molecule has 0 bridgehead atoms. The lowest BCUT2D eigenvalue weighted by Gasteiger charge is -2.22. The second-order valence-electron chi connectivity index (χ2n) is 7.25. The zero-order valence-electron chi connectivity index (χ0n) is 15.8. The van der Waals surface area contributed by atoms with Crippen molar-refractivity contribution < 1.29 is 9.72 Å². The van der Waals surface area contributed by atoms with Crippen molar-refractivity contribution in [3.05, 3.63) is 70.8 Å². The van der Waals surface area contributed by atoms with Gasteiger partial charge in [0.05, 0.1) is 16.2 Å². The summed E-state index contributed by atoms with van der Waals surface area (Å²) in [6.07, 6.45) is 0. The second-order valence-corrected chi connectivity index (χ2v) is 7.25. The minimum Gasteiger partial charge on any atom is -0.308 e. The zero-order chi connectivity index (χ0) is 20.3. The normalized spacial score (nSPS) is 11.1. The number of non-ortho nitro benzene ring substituents is 1. The molecule has 0 fully saturated rings. The topological polar surface area (TPSA) is 102 Å². The smallest absolute Gasteiger partial charge is 0.308 e. The van der Waals surface area contributed by atoms with Crippen molar-refractivity contribution in [2.75, 3.05) is 10.6 Å². The average Bonchev–Trinajstić information content (AvgIpc) is 3.07. The minimum atomic E-state index is -0.489. The molecule has 144 valence electrons. The molecule has 2 N–H and O–H groups in total. The van der Waals surface area contributed by atoms with Crippen LogP contribution in [0, 0.1) is 10.1 Å². The molecule has 0 aliphatic rings. The van der Waals surface area contributed by atoms with Crippen LogP contribution in [0.1, 0.15) is 20.8 Å². The van der Waals surface area contributed by atoms with E-state index in [0.717, 1.165) is 11.3 Å². The van der Waals surface area contributed by atoms with Gasteiger partial charge in [0.2, 0.25) is 0 Å². The lowest BCUT2D eigenvalue weighted by atomic mass is 10.1. The summed E-state index contributed by atoms with van der Waals surface area (Å²) in [5, 5.41) is 20.8. The molecule has 0 aliphatic heterocycles. The average molecular weight is 379 g/mol. The van der Waals surface area contributed by atoms with Crippen LogP contribution in [-0.2, 0) is 5.54 Å². The summed E-state index contributed by atoms with van der Waals surface area (Å²) in [7, 11) is 0. The van der Waals surface area contributed by atoms with Crippen LogP contribution in [0.5, 0.6) is 0 Å². The molecule has 2 amide bonds. The molecule has 3 rings (SSSR count). The number of hydrogen-bond donors (Lipinski definition) is 2. The van der Waals surface area contributed by atoms with Gasteiger partial charge in [-0.05, 0) is 32.9 Å². The molecule has 1 heterocycles. The van der Waals surface area contributed by atoms with Crippen LogP contribution in [0.15, 0.2) is 60.7 Å². The Kier molecular flexibility index (Phi) is 5.12. The number of amides is 2. The number of carbonyl (C=O) groups is 1. The fourth-order valence-electron chi connectivity index (χ4n) is 2.68. The van der Waals surface area contributed by atoms with Crippen LogP contribution in [0.3, 0.4) is 0 Å². The van der Waals surface area contributed by atoms with Crippen molar-refractivity contribution in [1.82, 2.24) is 9.78 Å². The Bertz CT molecular complexity index is 989. The fourth-order valence-corrected chi connectivity index (χ4v) is 2.68. The van der Waals surface area contributed by atoms with Crippen molar-refractivity contribution in [2.45, 2.75) is 26.3 Å². The van der Waals surface area contributed by atoms with Crippen molar-refractivity contribution >= 4 is 23.2 Å². The molecule has 0 aliphatic carbocycles. The van der Waals surface area contributed by atoms with Gasteiger partial charge in [-0.1, -0.05) is 30.3 Å². The predicted molar refractivity (Wildman–Crippen MR) is 108 cm³/mol. The Hall–Kier alpha value is -3.68. The van der Waals surface area contributed by atoms with Crippen LogP contribution in [-0.4, -0.2) is 20.7 Å². The highest BCUT2D eigenvalue weighted by molar-refractivity contribution is 5.99. The molecule has 2 aromatic carbocycles. The predicted octanol–water partition coefficient (Wildman–Crippen LogP) is 4.86. The van der Waals surface area contributed by atoms with Gasteiger partial charge in [0.1, 0.15) is 5.82 Å². The first kappa shape index (κ1) is 19.1. The zero-order valence-corrected chi connectivity index (χ0v) is 15.8. The summed E-state index contributed by atoms with van der Waals surface area (Å²) in [4.78, 5) is 22.7. The van der Waals surface area contributed by atoms with E-state index >= 15 is 0 Å². The summed E-state index contributed by atoms with van der Waals surface area (Å²) in [5.74, 6) is 0.547. The number of aromatic nitrogens is 2. The Morgan fingerprint density at radius 3 is 2.25 bits per heavy atom. The highest BCUT2D eigenvalue weighted by Gasteiger charge is 2.21. The molecular weight excluding hydrogens is 358 g/mol. The van der Waals surface area contributed by atoms with E-state index in [1.807, 2.05) is 57.2 Å². The van der Waals surface area contributed by atoms with Crippen molar-refractivity contribution in [3.8, 4) is 11.3 Å². The van der Waals surface area contributed by atoms with Gasteiger partial charge in [0.15, 0.2) is 0 Å². The Balaban J connectivity index is 1.81. The first-order valence-corrected chi connectivity index (χ1v) is 8.72. The van der Waals surface area contributed by atoms with Gasteiger partial charge < -0.3 is 5.32 Å². The van der Waals surface area contributed by atoms with Crippen molar-refractivity contribution in [2.24, 2.45) is 0 Å². The standard InChI is InChI=1S/C20H21N5O3/c1-20(2,3)24-18(13-17(23-24)14-7-5-4-6-8-14)22-19(26)21-15-9-11-16(12-10-15)25(27)28/h4-13H,1-3H3,(H2,21,22,26). The highest BCUT2D eigenvalue weighted by atomic mass is 16.6. The molecule has 0 radical (unpaired) electrons. The quantitative estimate of drug-likeness (QED) is 0.499. The number of carbonyl (C=O) groups excluding carboxylic acids is 1. The minimum absolute atomic E-state index is 0.0377. The van der Waals surface area contributed by atoms with Gasteiger partial charge in [-0.2, -0.15) is 5.10 Å². The van der Waals surface area contributed by atoms with Crippen LogP contribution in [0.4, 0.5) is 22.0 Å². The van der Waals surface area contributed by atoms with E-state index < -0.39 is 11.0 Å². The molecule has 0 atom stereocenters. The third-order valence-electron chi connectivity index (χ3n) is 3.99. The number of nitro groups is 1. The van der Waals surface area contributed by atoms with Gasteiger partial charge in [-0.3, -0.25) is 15.4 Å². The third kappa shape index (κ3) is 4.35. The van der Waals surface area contributed by atoms with Crippen LogP contribution < -0.4 is 10.6 Å². The molecule has 0 unspecified atom stereocenters. The monoisotopic (exact) mass is 379 g/mol. The number of hydrogen-bond acceptors (Lipinski definition) is 4. The second kappa shape index (κ2) is 7.51. The number of rotatable bonds is 4. The summed E-state index contributed by atoms with van der Waals surface area (Å²) in [5.41, 5.74) is 1.77. The largest absolute Gasteiger partial charge is 0.324 e. The molecule has 0 saturated heterocycles. The molecule has 8 heteroatoms. The SMILES string of the molecule is CC(C)(C)n1nc(-c2ccccc2)cc1NC(=O)Nc1ccc([N+](=O)[O-])cc1. The summed E-state index contributed by atoms with van der Waals surface area (Å²) in [6, 6.07) is 16.7. The van der Waals surface area contributed by atoms with Crippen molar-refractivity contribution in [3.63, 3.8) is 0 Å². The Morgan fingerprint density at radius 2 is 1.68 bits per heavy atom. The van der Waals surface area contributed by atoms with Gasteiger partial charge in [-0.15, -0.1) is 0 Å². The molecule has 1 aromatic heterocycles. The maximum Gasteiger partial charge on any atom is 0.324 e. The number of benzene rings is 2. The number of anilines is 2. The summed E-state index contributed by atoms with van der Waals surface area (Å²) < 4.78 is 1.75. The fraction of sp³-hybridized carbons (Fsp3) is 0.200. The molecule has 28 heavy (non-hydrogen) atoms. The Morgan fingerprint density at radius 1 is 1.04 bits per heavy atom. The lowest BCUT2D eigenvalue weighted by molar-refractivity contribution is -0.384. The highest BCUT2D eigenvalue weighted by Crippen LogP contribution is 2.27. The molecule has 8 nitrogen and oxygen atoms in total. The van der Waals surface area contributed by atoms with Gasteiger partial charge in [0, 0.05) is 29.4 Å².